The fraction of sp³-hybridized carbons (Fsp3) is 0.400. The van der Waals surface area contributed by atoms with Crippen LogP contribution in [0.2, 0.25) is 0 Å². The second kappa shape index (κ2) is 7.55. The Kier molecular flexibility index (Phi) is 5.22. The van der Waals surface area contributed by atoms with Gasteiger partial charge in [-0.3, -0.25) is 4.98 Å². The van der Waals surface area contributed by atoms with Gasteiger partial charge in [-0.2, -0.15) is 0 Å². The fourth-order valence-corrected chi connectivity index (χ4v) is 3.64. The first kappa shape index (κ1) is 17.3. The summed E-state index contributed by atoms with van der Waals surface area (Å²) in [5.74, 6) is 1.00. The van der Waals surface area contributed by atoms with Crippen molar-refractivity contribution < 1.29 is 14.3 Å². The lowest BCUT2D eigenvalue weighted by molar-refractivity contribution is 0.0601. The number of esters is 1. The zero-order valence-electron chi connectivity index (χ0n) is 15.0. The normalized spacial score (nSPS) is 16.0. The number of hydrogen-bond donors (Lipinski definition) is 1. The molecule has 1 aliphatic rings. The first-order chi connectivity index (χ1) is 12.2. The lowest BCUT2D eigenvalue weighted by Gasteiger charge is -2.28. The van der Waals surface area contributed by atoms with Crippen LogP contribution in [-0.4, -0.2) is 31.7 Å². The third-order valence-electron chi connectivity index (χ3n) is 4.99. The van der Waals surface area contributed by atoms with E-state index in [0.717, 1.165) is 31.6 Å². The average molecular weight is 340 g/mol. The topological polar surface area (TPSA) is 60.5 Å². The molecule has 2 aromatic rings. The molecule has 25 heavy (non-hydrogen) atoms. The first-order valence-electron chi connectivity index (χ1n) is 8.58. The van der Waals surface area contributed by atoms with Gasteiger partial charge in [0.25, 0.3) is 0 Å². The van der Waals surface area contributed by atoms with Crippen molar-refractivity contribution in [3.63, 3.8) is 0 Å². The molecule has 1 heterocycles. The number of nitrogens with zero attached hydrogens (tertiary/aromatic N) is 1. The van der Waals surface area contributed by atoms with Gasteiger partial charge < -0.3 is 14.8 Å². The maximum absolute atomic E-state index is 11.9. The monoisotopic (exact) mass is 340 g/mol. The minimum absolute atomic E-state index is 0.352. The van der Waals surface area contributed by atoms with Gasteiger partial charge in [0, 0.05) is 18.7 Å². The number of carbonyl (C=O) groups excluding carboxylic acids is 1. The lowest BCUT2D eigenvalue weighted by Crippen LogP contribution is -2.20. The number of fused-ring (bicyclic) bond motifs is 1. The van der Waals surface area contributed by atoms with Gasteiger partial charge in [-0.05, 0) is 55.0 Å². The highest BCUT2D eigenvalue weighted by molar-refractivity contribution is 5.95. The number of ether oxygens (including phenoxy) is 2. The molecule has 0 amide bonds. The highest BCUT2D eigenvalue weighted by atomic mass is 16.5. The van der Waals surface area contributed by atoms with Crippen molar-refractivity contribution in [1.29, 1.82) is 0 Å². The van der Waals surface area contributed by atoms with Crippen LogP contribution in [-0.2, 0) is 11.2 Å². The van der Waals surface area contributed by atoms with E-state index in [9.17, 15) is 4.79 Å². The zero-order chi connectivity index (χ0) is 17.8. The molecule has 1 N–H and O–H groups in total. The van der Waals surface area contributed by atoms with Gasteiger partial charge >= 0.3 is 5.97 Å². The number of nitrogens with one attached hydrogen (secondary N) is 1. The van der Waals surface area contributed by atoms with Crippen LogP contribution in [0.4, 0.5) is 5.69 Å². The van der Waals surface area contributed by atoms with Gasteiger partial charge in [-0.25, -0.2) is 4.79 Å². The molecule has 0 saturated heterocycles. The van der Waals surface area contributed by atoms with Crippen LogP contribution in [0, 0.1) is 6.92 Å². The van der Waals surface area contributed by atoms with Crippen molar-refractivity contribution in [2.24, 2.45) is 0 Å². The van der Waals surface area contributed by atoms with E-state index in [1.165, 1.54) is 23.8 Å². The van der Waals surface area contributed by atoms with Gasteiger partial charge in [0.05, 0.1) is 31.7 Å². The van der Waals surface area contributed by atoms with Crippen LogP contribution in [0.1, 0.15) is 45.8 Å². The molecule has 1 atom stereocenters. The van der Waals surface area contributed by atoms with Gasteiger partial charge in [0.2, 0.25) is 0 Å². The fourth-order valence-electron chi connectivity index (χ4n) is 3.64. The van der Waals surface area contributed by atoms with Crippen LogP contribution >= 0.6 is 0 Å². The van der Waals surface area contributed by atoms with Crippen molar-refractivity contribution in [1.82, 2.24) is 4.98 Å². The summed E-state index contributed by atoms with van der Waals surface area (Å²) in [6, 6.07) is 5.91. The summed E-state index contributed by atoms with van der Waals surface area (Å²) in [5.41, 5.74) is 5.24. The van der Waals surface area contributed by atoms with Gasteiger partial charge in [0.15, 0.2) is 0 Å². The number of benzene rings is 1. The van der Waals surface area contributed by atoms with E-state index in [0.29, 0.717) is 17.2 Å². The average Bonchev–Trinajstić information content (AvgIpc) is 2.66. The van der Waals surface area contributed by atoms with Crippen molar-refractivity contribution in [3.05, 3.63) is 52.8 Å². The minimum Gasteiger partial charge on any atom is -0.496 e. The summed E-state index contributed by atoms with van der Waals surface area (Å²) in [4.78, 5) is 16.0. The Morgan fingerprint density at radius 2 is 2.16 bits per heavy atom. The molecule has 3 rings (SSSR count). The number of carbonyl (C=O) groups is 1. The molecule has 5 nitrogen and oxygen atoms in total. The highest BCUT2D eigenvalue weighted by Gasteiger charge is 2.23. The molecule has 1 unspecified atom stereocenters. The number of pyridine rings is 1. The Hall–Kier alpha value is -2.56. The van der Waals surface area contributed by atoms with Crippen molar-refractivity contribution in [3.8, 4) is 5.75 Å². The molecule has 5 heteroatoms. The van der Waals surface area contributed by atoms with Gasteiger partial charge in [-0.15, -0.1) is 0 Å². The van der Waals surface area contributed by atoms with E-state index in [4.69, 9.17) is 9.47 Å². The van der Waals surface area contributed by atoms with Crippen molar-refractivity contribution in [2.45, 2.75) is 32.1 Å². The zero-order valence-corrected chi connectivity index (χ0v) is 15.0. The first-order valence-corrected chi connectivity index (χ1v) is 8.58. The number of rotatable bonds is 5. The summed E-state index contributed by atoms with van der Waals surface area (Å²) in [6.45, 7) is 2.89. The van der Waals surface area contributed by atoms with Crippen LogP contribution < -0.4 is 10.1 Å². The van der Waals surface area contributed by atoms with Crippen LogP contribution in [0.25, 0.3) is 0 Å². The van der Waals surface area contributed by atoms with E-state index in [-0.39, 0.29) is 5.97 Å². The van der Waals surface area contributed by atoms with Crippen LogP contribution in [0.15, 0.2) is 30.6 Å². The molecule has 1 aromatic heterocycles. The molecular weight excluding hydrogens is 316 g/mol. The Balaban J connectivity index is 1.81. The summed E-state index contributed by atoms with van der Waals surface area (Å²) in [6.07, 6.45) is 6.65. The van der Waals surface area contributed by atoms with Crippen molar-refractivity contribution in [2.75, 3.05) is 26.1 Å². The predicted molar refractivity (Wildman–Crippen MR) is 97.5 cm³/mol. The smallest absolute Gasteiger partial charge is 0.340 e. The molecular formula is C20H24N2O3. The molecule has 0 spiro atoms. The number of hydrogen-bond acceptors (Lipinski definition) is 5. The van der Waals surface area contributed by atoms with E-state index >= 15 is 0 Å². The molecule has 132 valence electrons. The Morgan fingerprint density at radius 1 is 1.32 bits per heavy atom. The predicted octanol–water partition coefficient (Wildman–Crippen LogP) is 3.72. The quantitative estimate of drug-likeness (QED) is 0.841. The summed E-state index contributed by atoms with van der Waals surface area (Å²) in [5, 5.41) is 3.39. The van der Waals surface area contributed by atoms with Crippen LogP contribution in [0.5, 0.6) is 5.75 Å². The summed E-state index contributed by atoms with van der Waals surface area (Å²) >= 11 is 0. The highest BCUT2D eigenvalue weighted by Crippen LogP contribution is 2.37. The Morgan fingerprint density at radius 3 is 2.92 bits per heavy atom. The number of methoxy groups -OCH3 is 2. The van der Waals surface area contributed by atoms with E-state index < -0.39 is 0 Å². The van der Waals surface area contributed by atoms with E-state index in [2.05, 4.69) is 29.4 Å². The second-order valence-corrected chi connectivity index (χ2v) is 6.34. The SMILES string of the molecule is COC(=O)c1ccncc1NCC1CCCc2c1ccc(OC)c2C. The maximum Gasteiger partial charge on any atom is 0.340 e. The molecule has 0 saturated carbocycles. The van der Waals surface area contributed by atoms with Crippen LogP contribution in [0.3, 0.4) is 0 Å². The van der Waals surface area contributed by atoms with Crippen molar-refractivity contribution >= 4 is 11.7 Å². The van der Waals surface area contributed by atoms with Gasteiger partial charge in [-0.1, -0.05) is 6.07 Å². The molecule has 0 radical (unpaired) electrons. The second-order valence-electron chi connectivity index (χ2n) is 6.34. The van der Waals surface area contributed by atoms with E-state index in [1.807, 2.05) is 0 Å². The molecule has 0 fully saturated rings. The molecule has 1 aromatic carbocycles. The standard InChI is InChI=1S/C20H24N2O3/c1-13-15-6-4-5-14(16(15)7-8-19(13)24-2)11-22-18-12-21-10-9-17(18)20(23)25-3/h7-10,12,14,22H,4-6,11H2,1-3H3. The number of anilines is 1. The minimum atomic E-state index is -0.352. The Bertz CT molecular complexity index is 774. The third-order valence-corrected chi connectivity index (χ3v) is 4.99. The van der Waals surface area contributed by atoms with E-state index in [1.54, 1.807) is 25.6 Å². The summed E-state index contributed by atoms with van der Waals surface area (Å²) < 4.78 is 10.3. The van der Waals surface area contributed by atoms with Gasteiger partial charge in [0.1, 0.15) is 5.75 Å². The Labute approximate surface area is 148 Å². The molecule has 0 bridgehead atoms. The maximum atomic E-state index is 11.9. The third kappa shape index (κ3) is 3.45. The lowest BCUT2D eigenvalue weighted by atomic mass is 9.80. The molecule has 0 aliphatic heterocycles. The number of aromatic nitrogens is 1. The largest absolute Gasteiger partial charge is 0.496 e. The summed E-state index contributed by atoms with van der Waals surface area (Å²) in [7, 11) is 3.10. The molecule has 1 aliphatic carbocycles.